The monoisotopic (exact) mass is 283 g/mol. The van der Waals surface area contributed by atoms with Gasteiger partial charge >= 0.3 is 7.69 Å². The zero-order chi connectivity index (χ0) is 14.9. The highest BCUT2D eigenvalue weighted by Crippen LogP contribution is 2.17. The molecule has 0 saturated carbocycles. The molecule has 0 heterocycles. The molecule has 105 valence electrons. The number of carbonyl (C=O) groups is 2. The number of amides is 2. The van der Waals surface area contributed by atoms with E-state index >= 15 is 0 Å². The molecule has 0 aliphatic carbocycles. The molecule has 2 amide bonds. The van der Waals surface area contributed by atoms with Crippen LogP contribution in [0, 0.1) is 0 Å². The second-order valence-electron chi connectivity index (χ2n) is 3.91. The zero-order valence-corrected chi connectivity index (χ0v) is 11.0. The molecule has 6 nitrogen and oxygen atoms in total. The first-order valence-electron chi connectivity index (χ1n) is 6.07. The van der Waals surface area contributed by atoms with Crippen molar-refractivity contribution in [1.82, 2.24) is 0 Å². The molecule has 0 atom stereocenters. The first-order chi connectivity index (χ1) is 10.3. The van der Waals surface area contributed by atoms with Gasteiger partial charge in [-0.25, -0.2) is 0 Å². The summed E-state index contributed by atoms with van der Waals surface area (Å²) in [5, 5.41) is 5.05. The maximum absolute atomic E-state index is 10.3. The number of anilines is 2. The number of hydrogen-bond acceptors (Lipinski definition) is 4. The van der Waals surface area contributed by atoms with E-state index in [1.54, 1.807) is 48.5 Å². The second-order valence-corrected chi connectivity index (χ2v) is 3.91. The van der Waals surface area contributed by atoms with E-state index in [1.165, 1.54) is 7.69 Å². The molecule has 0 aliphatic heterocycles. The van der Waals surface area contributed by atoms with Crippen LogP contribution in [0.15, 0.2) is 48.5 Å². The summed E-state index contributed by atoms with van der Waals surface area (Å²) in [7, 11) is 1.20. The van der Waals surface area contributed by atoms with Crippen molar-refractivity contribution in [3.05, 3.63) is 48.5 Å². The van der Waals surface area contributed by atoms with Gasteiger partial charge in [0.05, 0.1) is 0 Å². The van der Waals surface area contributed by atoms with Crippen LogP contribution in [0.4, 0.5) is 11.4 Å². The largest absolute Gasteiger partial charge is 0.658 e. The standard InChI is InChI=1S/C14H12BN2O4/c18-9-16-11-1-5-13(6-2-11)20-15-21-14-7-3-12(4-8-14)17-10-19/h1-10H,(H,16,18)(H,17,19). The van der Waals surface area contributed by atoms with Gasteiger partial charge < -0.3 is 19.9 Å². The Morgan fingerprint density at radius 1 is 0.714 bits per heavy atom. The SMILES string of the molecule is O=CNc1ccc(O[B]Oc2ccc(NC=O)cc2)cc1. The van der Waals surface area contributed by atoms with E-state index in [9.17, 15) is 9.59 Å². The van der Waals surface area contributed by atoms with E-state index in [0.29, 0.717) is 35.7 Å². The van der Waals surface area contributed by atoms with Crippen LogP contribution < -0.4 is 19.9 Å². The second kappa shape index (κ2) is 7.59. The highest BCUT2D eigenvalue weighted by Gasteiger charge is 2.02. The summed E-state index contributed by atoms with van der Waals surface area (Å²) in [6, 6.07) is 13.6. The van der Waals surface area contributed by atoms with Gasteiger partial charge in [0.15, 0.2) is 0 Å². The van der Waals surface area contributed by atoms with Crippen LogP contribution in [0.5, 0.6) is 11.5 Å². The van der Waals surface area contributed by atoms with E-state index in [0.717, 1.165) is 0 Å². The molecule has 0 fully saturated rings. The Labute approximate surface area is 122 Å². The quantitative estimate of drug-likeness (QED) is 0.572. The van der Waals surface area contributed by atoms with Gasteiger partial charge in [-0.05, 0) is 48.5 Å². The van der Waals surface area contributed by atoms with E-state index in [2.05, 4.69) is 10.6 Å². The molecule has 2 aromatic carbocycles. The molecule has 0 unspecified atom stereocenters. The summed E-state index contributed by atoms with van der Waals surface area (Å²) in [6.07, 6.45) is 1.21. The fourth-order valence-corrected chi connectivity index (χ4v) is 1.53. The lowest BCUT2D eigenvalue weighted by atomic mass is 10.2. The van der Waals surface area contributed by atoms with Gasteiger partial charge in [0.25, 0.3) is 0 Å². The van der Waals surface area contributed by atoms with Crippen LogP contribution >= 0.6 is 0 Å². The molecule has 2 aromatic rings. The molecule has 0 aliphatic rings. The van der Waals surface area contributed by atoms with Crippen LogP contribution in [-0.2, 0) is 9.59 Å². The van der Waals surface area contributed by atoms with Gasteiger partial charge in [-0.1, -0.05) is 0 Å². The van der Waals surface area contributed by atoms with Crippen molar-refractivity contribution in [3.63, 3.8) is 0 Å². The average molecular weight is 283 g/mol. The lowest BCUT2D eigenvalue weighted by Gasteiger charge is -2.07. The smallest absolute Gasteiger partial charge is 0.526 e. The lowest BCUT2D eigenvalue weighted by Crippen LogP contribution is -2.10. The number of hydrogen-bond donors (Lipinski definition) is 2. The van der Waals surface area contributed by atoms with E-state index < -0.39 is 0 Å². The van der Waals surface area contributed by atoms with Crippen molar-refractivity contribution in [2.75, 3.05) is 10.6 Å². The first kappa shape index (κ1) is 14.5. The normalized spacial score (nSPS) is 9.33. The molecule has 0 saturated heterocycles. The fraction of sp³-hybridized carbons (Fsp3) is 0. The Balaban J connectivity index is 1.80. The maximum Gasteiger partial charge on any atom is 0.658 e. The highest BCUT2D eigenvalue weighted by molar-refractivity contribution is 6.20. The van der Waals surface area contributed by atoms with E-state index in [1.807, 2.05) is 0 Å². The topological polar surface area (TPSA) is 76.7 Å². The Hall–Kier alpha value is -2.96. The van der Waals surface area contributed by atoms with E-state index in [4.69, 9.17) is 9.31 Å². The summed E-state index contributed by atoms with van der Waals surface area (Å²) in [6.45, 7) is 0. The molecular weight excluding hydrogens is 271 g/mol. The Kier molecular flexibility index (Phi) is 5.22. The van der Waals surface area contributed by atoms with Crippen molar-refractivity contribution in [3.8, 4) is 11.5 Å². The number of rotatable bonds is 8. The average Bonchev–Trinajstić information content (AvgIpc) is 2.51. The Morgan fingerprint density at radius 2 is 1.10 bits per heavy atom. The number of carbonyl (C=O) groups excluding carboxylic acids is 2. The number of benzene rings is 2. The van der Waals surface area contributed by atoms with Gasteiger partial charge in [0.1, 0.15) is 11.5 Å². The van der Waals surface area contributed by atoms with Crippen LogP contribution in [-0.4, -0.2) is 20.5 Å². The Morgan fingerprint density at radius 3 is 1.43 bits per heavy atom. The summed E-state index contributed by atoms with van der Waals surface area (Å²) < 4.78 is 10.6. The van der Waals surface area contributed by atoms with Crippen molar-refractivity contribution in [2.24, 2.45) is 0 Å². The first-order valence-corrected chi connectivity index (χ1v) is 6.07. The van der Waals surface area contributed by atoms with Crippen LogP contribution in [0.3, 0.4) is 0 Å². The van der Waals surface area contributed by atoms with Crippen molar-refractivity contribution in [2.45, 2.75) is 0 Å². The van der Waals surface area contributed by atoms with Crippen molar-refractivity contribution >= 4 is 31.9 Å². The maximum atomic E-state index is 10.3. The molecule has 0 aromatic heterocycles. The molecule has 0 bridgehead atoms. The van der Waals surface area contributed by atoms with Gasteiger partial charge in [-0.2, -0.15) is 0 Å². The van der Waals surface area contributed by atoms with Crippen LogP contribution in [0.25, 0.3) is 0 Å². The molecule has 1 radical (unpaired) electrons. The molecular formula is C14H12BN2O4. The Bertz CT molecular complexity index is 533. The predicted octanol–water partition coefficient (Wildman–Crippen LogP) is 1.82. The molecule has 0 spiro atoms. The third-order valence-electron chi connectivity index (χ3n) is 2.53. The fourth-order valence-electron chi connectivity index (χ4n) is 1.53. The predicted molar refractivity (Wildman–Crippen MR) is 79.3 cm³/mol. The van der Waals surface area contributed by atoms with E-state index in [-0.39, 0.29) is 0 Å². The minimum absolute atomic E-state index is 0.575. The summed E-state index contributed by atoms with van der Waals surface area (Å²) in [4.78, 5) is 20.5. The van der Waals surface area contributed by atoms with Gasteiger partial charge in [0.2, 0.25) is 12.8 Å². The third kappa shape index (κ3) is 4.57. The lowest BCUT2D eigenvalue weighted by molar-refractivity contribution is -0.106. The molecule has 21 heavy (non-hydrogen) atoms. The van der Waals surface area contributed by atoms with Crippen LogP contribution in [0.2, 0.25) is 0 Å². The van der Waals surface area contributed by atoms with Crippen molar-refractivity contribution in [1.29, 1.82) is 0 Å². The minimum atomic E-state index is 0.575. The van der Waals surface area contributed by atoms with Gasteiger partial charge in [-0.15, -0.1) is 0 Å². The molecule has 7 heteroatoms. The van der Waals surface area contributed by atoms with Gasteiger partial charge in [-0.3, -0.25) is 9.59 Å². The summed E-state index contributed by atoms with van der Waals surface area (Å²) >= 11 is 0. The van der Waals surface area contributed by atoms with Crippen LogP contribution in [0.1, 0.15) is 0 Å². The summed E-state index contributed by atoms with van der Waals surface area (Å²) in [5.74, 6) is 1.15. The number of nitrogens with one attached hydrogen (secondary N) is 2. The van der Waals surface area contributed by atoms with Crippen molar-refractivity contribution < 1.29 is 18.9 Å². The highest BCUT2D eigenvalue weighted by atomic mass is 16.6. The third-order valence-corrected chi connectivity index (χ3v) is 2.53. The molecule has 2 N–H and O–H groups in total. The summed E-state index contributed by atoms with van der Waals surface area (Å²) in [5.41, 5.74) is 1.35. The molecule has 2 rings (SSSR count). The zero-order valence-electron chi connectivity index (χ0n) is 11.0. The minimum Gasteiger partial charge on any atom is -0.526 e. The van der Waals surface area contributed by atoms with Gasteiger partial charge in [0, 0.05) is 11.4 Å².